The summed E-state index contributed by atoms with van der Waals surface area (Å²) in [6.07, 6.45) is 7.95. The first-order valence-corrected chi connectivity index (χ1v) is 6.02. The SMILES string of the molecule is OC1CN=C(SC2C=CCCC2)NC1. The zero-order valence-corrected chi connectivity index (χ0v) is 8.96. The molecule has 1 aliphatic heterocycles. The Morgan fingerprint density at radius 1 is 1.57 bits per heavy atom. The van der Waals surface area contributed by atoms with Gasteiger partial charge < -0.3 is 10.4 Å². The average molecular weight is 212 g/mol. The number of thioether (sulfide) groups is 1. The fourth-order valence-corrected chi connectivity index (χ4v) is 2.69. The summed E-state index contributed by atoms with van der Waals surface area (Å²) in [6, 6.07) is 0. The largest absolute Gasteiger partial charge is 0.389 e. The van der Waals surface area contributed by atoms with E-state index in [2.05, 4.69) is 22.5 Å². The van der Waals surface area contributed by atoms with Gasteiger partial charge in [-0.15, -0.1) is 0 Å². The van der Waals surface area contributed by atoms with Gasteiger partial charge in [0.15, 0.2) is 5.17 Å². The number of hydrogen-bond donors (Lipinski definition) is 2. The highest BCUT2D eigenvalue weighted by Crippen LogP contribution is 2.24. The second kappa shape index (κ2) is 4.84. The summed E-state index contributed by atoms with van der Waals surface area (Å²) in [7, 11) is 0. The third-order valence-electron chi connectivity index (χ3n) is 2.41. The normalized spacial score (nSPS) is 32.2. The maximum atomic E-state index is 9.24. The molecule has 0 aromatic rings. The van der Waals surface area contributed by atoms with Crippen LogP contribution in [0.5, 0.6) is 0 Å². The highest BCUT2D eigenvalue weighted by atomic mass is 32.2. The molecule has 78 valence electrons. The highest BCUT2D eigenvalue weighted by Gasteiger charge is 2.16. The second-order valence-electron chi connectivity index (χ2n) is 3.70. The molecule has 0 aromatic heterocycles. The third-order valence-corrected chi connectivity index (χ3v) is 3.60. The Kier molecular flexibility index (Phi) is 3.48. The fourth-order valence-electron chi connectivity index (χ4n) is 1.62. The van der Waals surface area contributed by atoms with E-state index in [1.165, 1.54) is 19.3 Å². The van der Waals surface area contributed by atoms with Gasteiger partial charge in [-0.1, -0.05) is 23.9 Å². The first kappa shape index (κ1) is 10.1. The van der Waals surface area contributed by atoms with Gasteiger partial charge >= 0.3 is 0 Å². The minimum atomic E-state index is -0.304. The van der Waals surface area contributed by atoms with Crippen molar-refractivity contribution in [3.05, 3.63) is 12.2 Å². The molecule has 2 aliphatic rings. The quantitative estimate of drug-likeness (QED) is 0.641. The number of amidine groups is 1. The Labute approximate surface area is 88.7 Å². The van der Waals surface area contributed by atoms with Gasteiger partial charge in [0.05, 0.1) is 12.6 Å². The summed E-state index contributed by atoms with van der Waals surface area (Å²) in [5, 5.41) is 14.0. The molecule has 0 fully saturated rings. The molecule has 0 bridgehead atoms. The molecule has 0 amide bonds. The van der Waals surface area contributed by atoms with E-state index in [0.29, 0.717) is 18.3 Å². The lowest BCUT2D eigenvalue weighted by atomic mass is 10.1. The maximum absolute atomic E-state index is 9.24. The molecular weight excluding hydrogens is 196 g/mol. The minimum Gasteiger partial charge on any atom is -0.389 e. The molecule has 2 N–H and O–H groups in total. The topological polar surface area (TPSA) is 44.6 Å². The van der Waals surface area contributed by atoms with Crippen molar-refractivity contribution in [2.24, 2.45) is 4.99 Å². The van der Waals surface area contributed by atoms with Crippen LogP contribution in [-0.2, 0) is 0 Å². The summed E-state index contributed by atoms with van der Waals surface area (Å²) in [5.74, 6) is 0. The smallest absolute Gasteiger partial charge is 0.157 e. The molecule has 0 aromatic carbocycles. The summed E-state index contributed by atoms with van der Waals surface area (Å²) in [6.45, 7) is 1.19. The van der Waals surface area contributed by atoms with Gasteiger partial charge in [-0.2, -0.15) is 0 Å². The summed E-state index contributed by atoms with van der Waals surface area (Å²) in [5.41, 5.74) is 0. The molecule has 0 spiro atoms. The van der Waals surface area contributed by atoms with Crippen molar-refractivity contribution < 1.29 is 5.11 Å². The van der Waals surface area contributed by atoms with Crippen molar-refractivity contribution in [1.82, 2.24) is 5.32 Å². The van der Waals surface area contributed by atoms with Crippen LogP contribution in [-0.4, -0.2) is 34.7 Å². The number of aliphatic hydroxyl groups excluding tert-OH is 1. The molecule has 0 radical (unpaired) electrons. The van der Waals surface area contributed by atoms with E-state index in [0.717, 1.165) is 5.17 Å². The van der Waals surface area contributed by atoms with Crippen molar-refractivity contribution in [1.29, 1.82) is 0 Å². The lowest BCUT2D eigenvalue weighted by Crippen LogP contribution is -2.38. The van der Waals surface area contributed by atoms with Gasteiger partial charge in [-0.3, -0.25) is 4.99 Å². The Morgan fingerprint density at radius 2 is 2.50 bits per heavy atom. The summed E-state index contributed by atoms with van der Waals surface area (Å²) < 4.78 is 0. The number of β-amino-alcohol motifs (C(OH)–C–C–N with tert-alkyl or cyclic N) is 1. The van der Waals surface area contributed by atoms with Crippen LogP contribution in [0.4, 0.5) is 0 Å². The van der Waals surface area contributed by atoms with E-state index in [-0.39, 0.29) is 6.10 Å². The Bertz CT molecular complexity index is 253. The van der Waals surface area contributed by atoms with Crippen LogP contribution < -0.4 is 5.32 Å². The van der Waals surface area contributed by atoms with Crippen LogP contribution in [0.15, 0.2) is 17.1 Å². The molecule has 2 rings (SSSR count). The predicted molar refractivity (Wildman–Crippen MR) is 60.7 cm³/mol. The molecule has 4 heteroatoms. The van der Waals surface area contributed by atoms with Gasteiger partial charge in [0, 0.05) is 11.8 Å². The average Bonchev–Trinajstić information content (AvgIpc) is 2.23. The Hall–Kier alpha value is -0.480. The lowest BCUT2D eigenvalue weighted by molar-refractivity contribution is 0.182. The zero-order chi connectivity index (χ0) is 9.80. The van der Waals surface area contributed by atoms with E-state index >= 15 is 0 Å². The predicted octanol–water partition coefficient (Wildman–Crippen LogP) is 1.15. The number of allylic oxidation sites excluding steroid dienone is 1. The molecule has 3 nitrogen and oxygen atoms in total. The molecule has 2 unspecified atom stereocenters. The number of nitrogens with zero attached hydrogens (tertiary/aromatic N) is 1. The first-order valence-electron chi connectivity index (χ1n) is 5.14. The van der Waals surface area contributed by atoms with E-state index in [1.54, 1.807) is 11.8 Å². The molecule has 1 aliphatic carbocycles. The second-order valence-corrected chi connectivity index (χ2v) is 4.92. The molecular formula is C10H16N2OS. The van der Waals surface area contributed by atoms with Crippen LogP contribution in [0.25, 0.3) is 0 Å². The van der Waals surface area contributed by atoms with Crippen LogP contribution >= 0.6 is 11.8 Å². The van der Waals surface area contributed by atoms with Crippen LogP contribution in [0.2, 0.25) is 0 Å². The summed E-state index contributed by atoms with van der Waals surface area (Å²) in [4.78, 5) is 4.29. The molecule has 2 atom stereocenters. The number of aliphatic imine (C=N–C) groups is 1. The number of nitrogens with one attached hydrogen (secondary N) is 1. The van der Waals surface area contributed by atoms with Crippen LogP contribution in [0.1, 0.15) is 19.3 Å². The Balaban J connectivity index is 1.85. The van der Waals surface area contributed by atoms with Gasteiger partial charge in [0.1, 0.15) is 0 Å². The van der Waals surface area contributed by atoms with Gasteiger partial charge in [-0.05, 0) is 19.3 Å². The van der Waals surface area contributed by atoms with Gasteiger partial charge in [-0.25, -0.2) is 0 Å². The van der Waals surface area contributed by atoms with Gasteiger partial charge in [0.25, 0.3) is 0 Å². The molecule has 14 heavy (non-hydrogen) atoms. The van der Waals surface area contributed by atoms with Crippen molar-refractivity contribution in [2.45, 2.75) is 30.6 Å². The van der Waals surface area contributed by atoms with E-state index in [1.807, 2.05) is 0 Å². The maximum Gasteiger partial charge on any atom is 0.157 e. The number of aliphatic hydroxyl groups is 1. The van der Waals surface area contributed by atoms with Crippen LogP contribution in [0.3, 0.4) is 0 Å². The third kappa shape index (κ3) is 2.75. The number of rotatable bonds is 1. The first-order chi connectivity index (χ1) is 6.84. The van der Waals surface area contributed by atoms with Gasteiger partial charge in [0.2, 0.25) is 0 Å². The van der Waals surface area contributed by atoms with E-state index in [4.69, 9.17) is 0 Å². The fraction of sp³-hybridized carbons (Fsp3) is 0.700. The molecule has 0 saturated heterocycles. The Morgan fingerprint density at radius 3 is 3.14 bits per heavy atom. The molecule has 0 saturated carbocycles. The zero-order valence-electron chi connectivity index (χ0n) is 8.15. The minimum absolute atomic E-state index is 0.304. The van der Waals surface area contributed by atoms with Crippen molar-refractivity contribution in [3.63, 3.8) is 0 Å². The van der Waals surface area contributed by atoms with E-state index in [9.17, 15) is 5.11 Å². The van der Waals surface area contributed by atoms with Crippen LogP contribution in [0, 0.1) is 0 Å². The lowest BCUT2D eigenvalue weighted by Gasteiger charge is -2.22. The van der Waals surface area contributed by atoms with Crippen molar-refractivity contribution in [3.8, 4) is 0 Å². The standard InChI is InChI=1S/C10H16N2OS/c13-8-6-11-10(12-7-8)14-9-4-2-1-3-5-9/h2,4,8-9,13H,1,3,5-7H2,(H,11,12). The van der Waals surface area contributed by atoms with Crippen molar-refractivity contribution >= 4 is 16.9 Å². The number of hydrogen-bond acceptors (Lipinski definition) is 4. The monoisotopic (exact) mass is 212 g/mol. The van der Waals surface area contributed by atoms with E-state index < -0.39 is 0 Å². The summed E-state index contributed by atoms with van der Waals surface area (Å²) >= 11 is 1.78. The highest BCUT2D eigenvalue weighted by molar-refractivity contribution is 8.14. The molecule has 1 heterocycles. The van der Waals surface area contributed by atoms with Crippen molar-refractivity contribution in [2.75, 3.05) is 13.1 Å².